The van der Waals surface area contributed by atoms with E-state index in [-0.39, 0.29) is 21.9 Å². The third kappa shape index (κ3) is 5.02. The SMILES string of the molecule is Cc1ccc(NC(=O)COC(=O)c2cc(=O)c3ccccc3o2)cc1S(=O)(=O)N1CCCCC1. The van der Waals surface area contributed by atoms with Gasteiger partial charge in [-0.15, -0.1) is 0 Å². The molecule has 1 amide bonds. The van der Waals surface area contributed by atoms with Gasteiger partial charge < -0.3 is 14.5 Å². The first kappa shape index (κ1) is 23.7. The number of benzene rings is 2. The zero-order chi connectivity index (χ0) is 24.3. The topological polar surface area (TPSA) is 123 Å². The summed E-state index contributed by atoms with van der Waals surface area (Å²) in [5.74, 6) is -1.95. The van der Waals surface area contributed by atoms with Crippen LogP contribution < -0.4 is 10.7 Å². The highest BCUT2D eigenvalue weighted by molar-refractivity contribution is 7.89. The fraction of sp³-hybridized carbons (Fsp3) is 0.292. The minimum atomic E-state index is -3.68. The molecule has 1 fully saturated rings. The van der Waals surface area contributed by atoms with E-state index in [9.17, 15) is 22.8 Å². The Morgan fingerprint density at radius 1 is 1.06 bits per heavy atom. The summed E-state index contributed by atoms with van der Waals surface area (Å²) in [5, 5.41) is 2.87. The molecule has 1 aromatic heterocycles. The number of anilines is 1. The van der Waals surface area contributed by atoms with Crippen molar-refractivity contribution in [3.05, 3.63) is 70.1 Å². The molecule has 34 heavy (non-hydrogen) atoms. The average Bonchev–Trinajstić information content (AvgIpc) is 2.84. The van der Waals surface area contributed by atoms with E-state index >= 15 is 0 Å². The maximum absolute atomic E-state index is 13.0. The fourth-order valence-corrected chi connectivity index (χ4v) is 5.57. The van der Waals surface area contributed by atoms with Crippen molar-refractivity contribution in [3.8, 4) is 0 Å². The Balaban J connectivity index is 1.43. The second-order valence-corrected chi connectivity index (χ2v) is 9.95. The second-order valence-electron chi connectivity index (χ2n) is 8.04. The number of aryl methyl sites for hydroxylation is 1. The summed E-state index contributed by atoms with van der Waals surface area (Å²) in [6.45, 7) is 2.00. The van der Waals surface area contributed by atoms with E-state index in [4.69, 9.17) is 9.15 Å². The summed E-state index contributed by atoms with van der Waals surface area (Å²) in [4.78, 5) is 36.9. The highest BCUT2D eigenvalue weighted by atomic mass is 32.2. The van der Waals surface area contributed by atoms with Crippen LogP contribution in [0.3, 0.4) is 0 Å². The van der Waals surface area contributed by atoms with Crippen molar-refractivity contribution < 1.29 is 27.2 Å². The second kappa shape index (κ2) is 9.78. The smallest absolute Gasteiger partial charge is 0.374 e. The van der Waals surface area contributed by atoms with Crippen LogP contribution in [0.15, 0.2) is 62.6 Å². The molecule has 1 aliphatic rings. The summed E-state index contributed by atoms with van der Waals surface area (Å²) in [6.07, 6.45) is 2.64. The van der Waals surface area contributed by atoms with Crippen LogP contribution in [0, 0.1) is 6.92 Å². The van der Waals surface area contributed by atoms with Crippen molar-refractivity contribution in [2.45, 2.75) is 31.1 Å². The van der Waals surface area contributed by atoms with Crippen LogP contribution in [0.5, 0.6) is 0 Å². The van der Waals surface area contributed by atoms with Gasteiger partial charge in [0.05, 0.1) is 10.3 Å². The van der Waals surface area contributed by atoms with Gasteiger partial charge >= 0.3 is 5.97 Å². The first-order valence-corrected chi connectivity index (χ1v) is 12.3. The summed E-state index contributed by atoms with van der Waals surface area (Å²) in [5.41, 5.74) is 0.662. The van der Waals surface area contributed by atoms with Gasteiger partial charge in [0, 0.05) is 24.8 Å². The van der Waals surface area contributed by atoms with Crippen LogP contribution in [-0.4, -0.2) is 44.3 Å². The summed E-state index contributed by atoms with van der Waals surface area (Å²) >= 11 is 0. The molecule has 2 heterocycles. The number of carbonyl (C=O) groups excluding carboxylic acids is 2. The van der Waals surface area contributed by atoms with Crippen LogP contribution in [0.2, 0.25) is 0 Å². The van der Waals surface area contributed by atoms with Gasteiger partial charge in [-0.1, -0.05) is 24.6 Å². The number of fused-ring (bicyclic) bond motifs is 1. The molecule has 9 nitrogen and oxygen atoms in total. The molecule has 178 valence electrons. The van der Waals surface area contributed by atoms with E-state index in [0.717, 1.165) is 25.3 Å². The number of carbonyl (C=O) groups is 2. The van der Waals surface area contributed by atoms with E-state index in [1.165, 1.54) is 10.4 Å². The number of rotatable bonds is 6. The number of piperidine rings is 1. The van der Waals surface area contributed by atoms with E-state index in [0.29, 0.717) is 24.0 Å². The van der Waals surface area contributed by atoms with Crippen LogP contribution in [-0.2, 0) is 19.6 Å². The number of sulfonamides is 1. The van der Waals surface area contributed by atoms with Crippen LogP contribution in [0.1, 0.15) is 35.4 Å². The Morgan fingerprint density at radius 3 is 2.56 bits per heavy atom. The van der Waals surface area contributed by atoms with Crippen molar-refractivity contribution in [2.24, 2.45) is 0 Å². The lowest BCUT2D eigenvalue weighted by atomic mass is 10.2. The molecule has 0 radical (unpaired) electrons. The first-order valence-electron chi connectivity index (χ1n) is 10.9. The fourth-order valence-electron chi connectivity index (χ4n) is 3.80. The molecule has 1 saturated heterocycles. The summed E-state index contributed by atoms with van der Waals surface area (Å²) in [6, 6.07) is 12.1. The minimum Gasteiger partial charge on any atom is -0.450 e. The highest BCUT2D eigenvalue weighted by Crippen LogP contribution is 2.26. The number of hydrogen-bond acceptors (Lipinski definition) is 7. The van der Waals surface area contributed by atoms with Crippen LogP contribution >= 0.6 is 0 Å². The molecular formula is C24H24N2O7S. The van der Waals surface area contributed by atoms with E-state index < -0.39 is 33.9 Å². The summed E-state index contributed by atoms with van der Waals surface area (Å²) < 4.78 is 37.9. The number of nitrogens with one attached hydrogen (secondary N) is 1. The molecule has 0 unspecified atom stereocenters. The number of amides is 1. The molecule has 0 bridgehead atoms. The average molecular weight is 485 g/mol. The quantitative estimate of drug-likeness (QED) is 0.534. The number of ether oxygens (including phenoxy) is 1. The van der Waals surface area contributed by atoms with Crippen molar-refractivity contribution in [1.82, 2.24) is 4.31 Å². The molecule has 0 atom stereocenters. The molecular weight excluding hydrogens is 460 g/mol. The van der Waals surface area contributed by atoms with Gasteiger partial charge in [-0.05, 0) is 49.6 Å². The molecule has 0 aliphatic carbocycles. The van der Waals surface area contributed by atoms with Gasteiger partial charge in [0.15, 0.2) is 12.0 Å². The summed E-state index contributed by atoms with van der Waals surface area (Å²) in [7, 11) is -3.68. The largest absolute Gasteiger partial charge is 0.450 e. The highest BCUT2D eigenvalue weighted by Gasteiger charge is 2.27. The molecule has 1 aliphatic heterocycles. The third-order valence-corrected chi connectivity index (χ3v) is 7.62. The van der Waals surface area contributed by atoms with Gasteiger partial charge in [-0.2, -0.15) is 4.31 Å². The minimum absolute atomic E-state index is 0.127. The van der Waals surface area contributed by atoms with Crippen molar-refractivity contribution in [2.75, 3.05) is 25.0 Å². The van der Waals surface area contributed by atoms with Gasteiger partial charge in [-0.25, -0.2) is 13.2 Å². The lowest BCUT2D eigenvalue weighted by molar-refractivity contribution is -0.119. The van der Waals surface area contributed by atoms with Crippen molar-refractivity contribution >= 4 is 38.6 Å². The predicted molar refractivity (Wildman–Crippen MR) is 125 cm³/mol. The Hall–Kier alpha value is -3.50. The van der Waals surface area contributed by atoms with E-state index in [1.807, 2.05) is 0 Å². The van der Waals surface area contributed by atoms with Gasteiger partial charge in [0.25, 0.3) is 5.91 Å². The van der Waals surface area contributed by atoms with Crippen molar-refractivity contribution in [3.63, 3.8) is 0 Å². The molecule has 4 rings (SSSR count). The Morgan fingerprint density at radius 2 is 1.79 bits per heavy atom. The Labute approximate surface area is 196 Å². The van der Waals surface area contributed by atoms with Crippen LogP contribution in [0.4, 0.5) is 5.69 Å². The Bertz CT molecular complexity index is 1410. The monoisotopic (exact) mass is 484 g/mol. The number of hydrogen-bond donors (Lipinski definition) is 1. The molecule has 0 spiro atoms. The maximum atomic E-state index is 13.0. The van der Waals surface area contributed by atoms with Crippen molar-refractivity contribution in [1.29, 1.82) is 0 Å². The molecule has 3 aromatic rings. The van der Waals surface area contributed by atoms with Gasteiger partial charge in [0.2, 0.25) is 15.8 Å². The van der Waals surface area contributed by atoms with Gasteiger partial charge in [0.1, 0.15) is 5.58 Å². The lowest BCUT2D eigenvalue weighted by Gasteiger charge is -2.26. The van der Waals surface area contributed by atoms with E-state index in [2.05, 4.69) is 5.32 Å². The zero-order valence-electron chi connectivity index (χ0n) is 18.6. The predicted octanol–water partition coefficient (Wildman–Crippen LogP) is 3.07. The number of nitrogens with zero attached hydrogens (tertiary/aromatic N) is 1. The van der Waals surface area contributed by atoms with Gasteiger partial charge in [-0.3, -0.25) is 9.59 Å². The Kier molecular flexibility index (Phi) is 6.80. The standard InChI is InChI=1S/C24H24N2O7S/c1-16-9-10-17(13-22(16)34(30,31)26-11-5-2-6-12-26)25-23(28)15-32-24(29)21-14-19(27)18-7-3-4-8-20(18)33-21/h3-4,7-10,13-14H,2,5-6,11-12,15H2,1H3,(H,25,28). The molecule has 1 N–H and O–H groups in total. The number of para-hydroxylation sites is 1. The zero-order valence-corrected chi connectivity index (χ0v) is 19.4. The molecule has 0 saturated carbocycles. The number of esters is 1. The lowest BCUT2D eigenvalue weighted by Crippen LogP contribution is -2.36. The molecule has 2 aromatic carbocycles. The third-order valence-electron chi connectivity index (χ3n) is 5.57. The van der Waals surface area contributed by atoms with Crippen LogP contribution in [0.25, 0.3) is 11.0 Å². The first-order chi connectivity index (χ1) is 16.3. The normalized spacial score (nSPS) is 14.6. The molecule has 10 heteroatoms. The van der Waals surface area contributed by atoms with E-state index in [1.54, 1.807) is 43.3 Å². The maximum Gasteiger partial charge on any atom is 0.374 e.